The van der Waals surface area contributed by atoms with E-state index in [1.807, 2.05) is 0 Å². The van der Waals surface area contributed by atoms with E-state index in [-0.39, 0.29) is 17.0 Å². The number of allylic oxidation sites excluding steroid dienone is 3. The van der Waals surface area contributed by atoms with Gasteiger partial charge in [-0.3, -0.25) is 4.79 Å². The van der Waals surface area contributed by atoms with E-state index in [1.54, 1.807) is 6.92 Å². The standard InChI is InChI=1S/C19H28O2/c1-13-6-5-7-14(2)16-12-19(4,17(16)10-8-13)18(21)11-9-15(3)20/h6,16-17H,2,5,7-12H2,1,3-4H3/b13-6+/t16-,17-,19-/m0/s1. The molecule has 0 N–H and O–H groups in total. The number of carbonyl (C=O) groups excluding carboxylic acids is 2. The Morgan fingerprint density at radius 2 is 2.05 bits per heavy atom. The molecule has 0 aliphatic heterocycles. The first-order valence-corrected chi connectivity index (χ1v) is 8.20. The number of ketones is 2. The Balaban J connectivity index is 2.09. The summed E-state index contributed by atoms with van der Waals surface area (Å²) in [6.07, 6.45) is 8.37. The van der Waals surface area contributed by atoms with Crippen LogP contribution >= 0.6 is 0 Å². The molecule has 0 aromatic heterocycles. The zero-order valence-electron chi connectivity index (χ0n) is 13.7. The quantitative estimate of drug-likeness (QED) is 0.706. The highest BCUT2D eigenvalue weighted by Crippen LogP contribution is 2.57. The lowest BCUT2D eigenvalue weighted by Gasteiger charge is -2.53. The van der Waals surface area contributed by atoms with Crippen molar-refractivity contribution in [1.29, 1.82) is 0 Å². The van der Waals surface area contributed by atoms with Gasteiger partial charge in [0.25, 0.3) is 0 Å². The van der Waals surface area contributed by atoms with Gasteiger partial charge in [-0.2, -0.15) is 0 Å². The first kappa shape index (κ1) is 16.2. The van der Waals surface area contributed by atoms with E-state index in [0.29, 0.717) is 24.7 Å². The Hall–Kier alpha value is -1.18. The summed E-state index contributed by atoms with van der Waals surface area (Å²) in [5.74, 6) is 1.33. The molecule has 3 atom stereocenters. The van der Waals surface area contributed by atoms with Gasteiger partial charge in [0, 0.05) is 18.3 Å². The molecule has 2 nitrogen and oxygen atoms in total. The molecule has 0 unspecified atom stereocenters. The van der Waals surface area contributed by atoms with Crippen LogP contribution in [0.3, 0.4) is 0 Å². The van der Waals surface area contributed by atoms with Gasteiger partial charge < -0.3 is 4.79 Å². The van der Waals surface area contributed by atoms with E-state index >= 15 is 0 Å². The summed E-state index contributed by atoms with van der Waals surface area (Å²) in [5.41, 5.74) is 2.53. The smallest absolute Gasteiger partial charge is 0.139 e. The zero-order valence-corrected chi connectivity index (χ0v) is 13.7. The molecule has 1 saturated carbocycles. The van der Waals surface area contributed by atoms with E-state index in [9.17, 15) is 9.59 Å². The second-order valence-corrected chi connectivity index (χ2v) is 7.25. The third-order valence-electron chi connectivity index (χ3n) is 5.62. The Morgan fingerprint density at radius 3 is 2.71 bits per heavy atom. The second kappa shape index (κ2) is 6.29. The van der Waals surface area contributed by atoms with Crippen molar-refractivity contribution < 1.29 is 9.59 Å². The molecule has 0 saturated heterocycles. The van der Waals surface area contributed by atoms with Crippen LogP contribution in [0.4, 0.5) is 0 Å². The molecule has 1 fully saturated rings. The van der Waals surface area contributed by atoms with Gasteiger partial charge in [-0.05, 0) is 57.8 Å². The molecular formula is C19H28O2. The maximum atomic E-state index is 12.6. The molecule has 116 valence electrons. The van der Waals surface area contributed by atoms with Crippen LogP contribution in [0, 0.1) is 17.3 Å². The first-order valence-electron chi connectivity index (χ1n) is 8.20. The summed E-state index contributed by atoms with van der Waals surface area (Å²) < 4.78 is 0. The molecule has 2 aliphatic carbocycles. The van der Waals surface area contributed by atoms with Crippen LogP contribution < -0.4 is 0 Å². The molecule has 2 heteroatoms. The summed E-state index contributed by atoms with van der Waals surface area (Å²) >= 11 is 0. The lowest BCUT2D eigenvalue weighted by Crippen LogP contribution is -2.51. The number of hydrogen-bond donors (Lipinski definition) is 0. The number of fused-ring (bicyclic) bond motifs is 1. The Kier molecular flexibility index (Phi) is 4.85. The van der Waals surface area contributed by atoms with Crippen molar-refractivity contribution in [3.63, 3.8) is 0 Å². The summed E-state index contributed by atoms with van der Waals surface area (Å²) in [5, 5.41) is 0. The molecular weight excluding hydrogens is 260 g/mol. The highest BCUT2D eigenvalue weighted by molar-refractivity contribution is 5.89. The number of hydrogen-bond acceptors (Lipinski definition) is 2. The van der Waals surface area contributed by atoms with Crippen LogP contribution in [0.1, 0.15) is 65.7 Å². The van der Waals surface area contributed by atoms with Gasteiger partial charge in [-0.1, -0.05) is 30.7 Å². The predicted octanol–water partition coefficient (Wildman–Crippen LogP) is 4.64. The Bertz CT molecular complexity index is 486. The highest BCUT2D eigenvalue weighted by Gasteiger charge is 2.54. The summed E-state index contributed by atoms with van der Waals surface area (Å²) in [4.78, 5) is 23.7. The molecule has 0 bridgehead atoms. The van der Waals surface area contributed by atoms with Crippen molar-refractivity contribution in [2.75, 3.05) is 0 Å². The largest absolute Gasteiger partial charge is 0.300 e. The molecule has 0 heterocycles. The molecule has 0 spiro atoms. The van der Waals surface area contributed by atoms with Gasteiger partial charge in [-0.25, -0.2) is 0 Å². The van der Waals surface area contributed by atoms with Gasteiger partial charge in [-0.15, -0.1) is 0 Å². The average Bonchev–Trinajstić information content (AvgIpc) is 2.45. The lowest BCUT2D eigenvalue weighted by molar-refractivity contribution is -0.143. The fraction of sp³-hybridized carbons (Fsp3) is 0.684. The molecule has 0 aromatic rings. The predicted molar refractivity (Wildman–Crippen MR) is 86.0 cm³/mol. The maximum Gasteiger partial charge on any atom is 0.139 e. The zero-order chi connectivity index (χ0) is 15.6. The summed E-state index contributed by atoms with van der Waals surface area (Å²) in [7, 11) is 0. The monoisotopic (exact) mass is 288 g/mol. The van der Waals surface area contributed by atoms with Gasteiger partial charge in [0.1, 0.15) is 11.6 Å². The normalized spacial score (nSPS) is 35.4. The minimum absolute atomic E-state index is 0.112. The maximum absolute atomic E-state index is 12.6. The molecule has 0 amide bonds. The number of rotatable bonds is 4. The highest BCUT2D eigenvalue weighted by atomic mass is 16.1. The SMILES string of the molecule is C=C1CC/C=C(\C)CC[C@H]2[C@H]1C[C@]2(C)C(=O)CCC(C)=O. The number of carbonyl (C=O) groups is 2. The van der Waals surface area contributed by atoms with Crippen LogP contribution in [0.15, 0.2) is 23.8 Å². The molecule has 0 aromatic carbocycles. The van der Waals surface area contributed by atoms with Crippen molar-refractivity contribution in [3.8, 4) is 0 Å². The van der Waals surface area contributed by atoms with Crippen molar-refractivity contribution in [3.05, 3.63) is 23.8 Å². The third kappa shape index (κ3) is 3.36. The number of Topliss-reactive ketones (excluding diaryl/α,β-unsaturated/α-hetero) is 2. The fourth-order valence-corrected chi connectivity index (χ4v) is 4.05. The lowest BCUT2D eigenvalue weighted by atomic mass is 9.49. The van der Waals surface area contributed by atoms with Crippen molar-refractivity contribution >= 4 is 11.6 Å². The van der Waals surface area contributed by atoms with Gasteiger partial charge in [0.2, 0.25) is 0 Å². The van der Waals surface area contributed by atoms with Crippen molar-refractivity contribution in [2.45, 2.75) is 65.7 Å². The van der Waals surface area contributed by atoms with Crippen molar-refractivity contribution in [2.24, 2.45) is 17.3 Å². The van der Waals surface area contributed by atoms with E-state index < -0.39 is 0 Å². The van der Waals surface area contributed by atoms with Gasteiger partial charge in [0.05, 0.1) is 0 Å². The van der Waals surface area contributed by atoms with Gasteiger partial charge >= 0.3 is 0 Å². The minimum atomic E-state index is -0.228. The first-order chi connectivity index (χ1) is 9.84. The van der Waals surface area contributed by atoms with Crippen LogP contribution in [-0.4, -0.2) is 11.6 Å². The van der Waals surface area contributed by atoms with E-state index in [1.165, 1.54) is 11.1 Å². The molecule has 0 radical (unpaired) electrons. The van der Waals surface area contributed by atoms with E-state index in [4.69, 9.17) is 0 Å². The molecule has 21 heavy (non-hydrogen) atoms. The van der Waals surface area contributed by atoms with Crippen LogP contribution in [-0.2, 0) is 9.59 Å². The summed E-state index contributed by atoms with van der Waals surface area (Å²) in [6, 6.07) is 0. The summed E-state index contributed by atoms with van der Waals surface area (Å²) in [6.45, 7) is 10.1. The Morgan fingerprint density at radius 1 is 1.33 bits per heavy atom. The van der Waals surface area contributed by atoms with E-state index in [0.717, 1.165) is 32.1 Å². The third-order valence-corrected chi connectivity index (χ3v) is 5.62. The Labute approximate surface area is 128 Å². The average molecular weight is 288 g/mol. The molecule has 2 aliphatic rings. The minimum Gasteiger partial charge on any atom is -0.300 e. The van der Waals surface area contributed by atoms with Gasteiger partial charge in [0.15, 0.2) is 0 Å². The van der Waals surface area contributed by atoms with E-state index in [2.05, 4.69) is 26.5 Å². The van der Waals surface area contributed by atoms with Crippen LogP contribution in [0.25, 0.3) is 0 Å². The second-order valence-electron chi connectivity index (χ2n) is 7.25. The topological polar surface area (TPSA) is 34.1 Å². The fourth-order valence-electron chi connectivity index (χ4n) is 4.05. The van der Waals surface area contributed by atoms with Crippen LogP contribution in [0.5, 0.6) is 0 Å². The van der Waals surface area contributed by atoms with Crippen LogP contribution in [0.2, 0.25) is 0 Å². The molecule has 2 rings (SSSR count). The van der Waals surface area contributed by atoms with Crippen molar-refractivity contribution in [1.82, 2.24) is 0 Å².